The van der Waals surface area contributed by atoms with E-state index in [0.717, 1.165) is 28.0 Å². The zero-order valence-electron chi connectivity index (χ0n) is 14.5. The van der Waals surface area contributed by atoms with Crippen molar-refractivity contribution in [3.05, 3.63) is 71.0 Å². The van der Waals surface area contributed by atoms with E-state index in [0.29, 0.717) is 12.2 Å². The smallest absolute Gasteiger partial charge is 0.341 e. The van der Waals surface area contributed by atoms with Gasteiger partial charge in [-0.1, -0.05) is 30.3 Å². The van der Waals surface area contributed by atoms with Crippen molar-refractivity contribution in [2.45, 2.75) is 20.5 Å². The van der Waals surface area contributed by atoms with Crippen molar-refractivity contribution in [3.63, 3.8) is 0 Å². The van der Waals surface area contributed by atoms with Crippen molar-refractivity contribution in [2.24, 2.45) is 0 Å². The number of methoxy groups -OCH3 is 2. The minimum absolute atomic E-state index is 0.369. The summed E-state index contributed by atoms with van der Waals surface area (Å²) in [6.07, 6.45) is 1.39. The molecular weight excluding hydrogens is 304 g/mol. The molecule has 0 fully saturated rings. The topological polar surface area (TPSA) is 44.8 Å². The Hall–Kier alpha value is -2.75. The molecule has 0 saturated heterocycles. The average Bonchev–Trinajstić information content (AvgIpc) is 2.60. The zero-order chi connectivity index (χ0) is 17.5. The van der Waals surface area contributed by atoms with Crippen LogP contribution in [0.4, 0.5) is 0 Å². The van der Waals surface area contributed by atoms with Gasteiger partial charge < -0.3 is 14.2 Å². The van der Waals surface area contributed by atoms with Gasteiger partial charge in [-0.2, -0.15) is 0 Å². The van der Waals surface area contributed by atoms with Crippen LogP contribution in [-0.2, 0) is 20.9 Å². The van der Waals surface area contributed by atoms with Crippen LogP contribution in [0.2, 0.25) is 0 Å². The predicted molar refractivity (Wildman–Crippen MR) is 93.7 cm³/mol. The number of hydrogen-bond acceptors (Lipinski definition) is 4. The van der Waals surface area contributed by atoms with Crippen molar-refractivity contribution in [1.29, 1.82) is 0 Å². The molecule has 0 radical (unpaired) electrons. The molecule has 0 unspecified atom stereocenters. The summed E-state index contributed by atoms with van der Waals surface area (Å²) >= 11 is 0. The zero-order valence-corrected chi connectivity index (χ0v) is 14.5. The van der Waals surface area contributed by atoms with Gasteiger partial charge in [0.15, 0.2) is 0 Å². The number of ether oxygens (including phenoxy) is 3. The fourth-order valence-electron chi connectivity index (χ4n) is 2.31. The highest BCUT2D eigenvalue weighted by Gasteiger charge is 2.13. The van der Waals surface area contributed by atoms with E-state index in [1.165, 1.54) is 20.5 Å². The second-order valence-electron chi connectivity index (χ2n) is 5.52. The normalized spacial score (nSPS) is 11.1. The molecule has 4 heteroatoms. The maximum absolute atomic E-state index is 11.9. The summed E-state index contributed by atoms with van der Waals surface area (Å²) in [6, 6.07) is 13.7. The number of esters is 1. The molecule has 0 atom stereocenters. The standard InChI is InChI=1S/C20H22O4/c1-14-8-9-15(2)19(10-14)24-12-16-6-5-7-17(11-16)18(13-22-3)20(21)23-4/h5-11,13H,12H2,1-4H3. The number of carbonyl (C=O) groups excluding carboxylic acids is 1. The Morgan fingerprint density at radius 2 is 1.88 bits per heavy atom. The lowest BCUT2D eigenvalue weighted by molar-refractivity contribution is -0.133. The van der Waals surface area contributed by atoms with Gasteiger partial charge in [0.05, 0.1) is 20.5 Å². The third kappa shape index (κ3) is 4.38. The first-order valence-corrected chi connectivity index (χ1v) is 7.65. The van der Waals surface area contributed by atoms with Crippen LogP contribution in [0.15, 0.2) is 48.7 Å². The van der Waals surface area contributed by atoms with E-state index in [2.05, 4.69) is 6.07 Å². The summed E-state index contributed by atoms with van der Waals surface area (Å²) in [4.78, 5) is 11.9. The molecule has 0 aromatic heterocycles. The molecule has 0 aliphatic carbocycles. The Kier molecular flexibility index (Phi) is 6.01. The maximum atomic E-state index is 11.9. The van der Waals surface area contributed by atoms with Gasteiger partial charge in [-0.3, -0.25) is 0 Å². The predicted octanol–water partition coefficient (Wildman–Crippen LogP) is 4.04. The molecule has 2 aromatic rings. The Bertz CT molecular complexity index is 747. The monoisotopic (exact) mass is 326 g/mol. The van der Waals surface area contributed by atoms with Crippen LogP contribution in [0, 0.1) is 13.8 Å². The SMILES string of the molecule is COC=C(C(=O)OC)c1cccc(COc2cc(C)ccc2C)c1. The molecule has 0 spiro atoms. The highest BCUT2D eigenvalue weighted by atomic mass is 16.5. The molecule has 2 aromatic carbocycles. The second kappa shape index (κ2) is 8.20. The van der Waals surface area contributed by atoms with E-state index < -0.39 is 5.97 Å². The Labute approximate surface area is 142 Å². The molecule has 0 bridgehead atoms. The summed E-state index contributed by atoms with van der Waals surface area (Å²) in [6.45, 7) is 4.46. The lowest BCUT2D eigenvalue weighted by Gasteiger charge is -2.11. The number of hydrogen-bond donors (Lipinski definition) is 0. The van der Waals surface area contributed by atoms with E-state index in [1.807, 2.05) is 50.2 Å². The molecule has 24 heavy (non-hydrogen) atoms. The quantitative estimate of drug-likeness (QED) is 0.456. The second-order valence-corrected chi connectivity index (χ2v) is 5.52. The molecule has 0 aliphatic heterocycles. The minimum atomic E-state index is -0.440. The van der Waals surface area contributed by atoms with Gasteiger partial charge in [0.1, 0.15) is 17.9 Å². The number of carbonyl (C=O) groups is 1. The molecule has 0 N–H and O–H groups in total. The van der Waals surface area contributed by atoms with Crippen molar-refractivity contribution in [2.75, 3.05) is 14.2 Å². The van der Waals surface area contributed by atoms with Crippen LogP contribution < -0.4 is 4.74 Å². The first-order chi connectivity index (χ1) is 11.5. The number of aryl methyl sites for hydroxylation is 2. The lowest BCUT2D eigenvalue weighted by Crippen LogP contribution is -2.05. The number of benzene rings is 2. The number of rotatable bonds is 6. The van der Waals surface area contributed by atoms with E-state index in [1.54, 1.807) is 0 Å². The van der Waals surface area contributed by atoms with Crippen molar-refractivity contribution < 1.29 is 19.0 Å². The lowest BCUT2D eigenvalue weighted by atomic mass is 10.0. The molecule has 2 rings (SSSR count). The first-order valence-electron chi connectivity index (χ1n) is 7.65. The van der Waals surface area contributed by atoms with Gasteiger partial charge in [0.25, 0.3) is 0 Å². The average molecular weight is 326 g/mol. The van der Waals surface area contributed by atoms with Crippen molar-refractivity contribution >= 4 is 11.5 Å². The maximum Gasteiger partial charge on any atom is 0.341 e. The van der Waals surface area contributed by atoms with Crippen LogP contribution >= 0.6 is 0 Å². The van der Waals surface area contributed by atoms with Crippen molar-refractivity contribution in [3.8, 4) is 5.75 Å². The van der Waals surface area contributed by atoms with Crippen LogP contribution in [0.1, 0.15) is 22.3 Å². The van der Waals surface area contributed by atoms with E-state index in [4.69, 9.17) is 14.2 Å². The molecular formula is C20H22O4. The van der Waals surface area contributed by atoms with Crippen molar-refractivity contribution in [1.82, 2.24) is 0 Å². The molecule has 0 aliphatic rings. The molecule has 0 heterocycles. The fraction of sp³-hybridized carbons (Fsp3) is 0.250. The molecule has 0 amide bonds. The van der Waals surface area contributed by atoms with Gasteiger partial charge in [0.2, 0.25) is 0 Å². The largest absolute Gasteiger partial charge is 0.503 e. The van der Waals surface area contributed by atoms with Gasteiger partial charge >= 0.3 is 5.97 Å². The van der Waals surface area contributed by atoms with Crippen LogP contribution in [0.25, 0.3) is 5.57 Å². The fourth-order valence-corrected chi connectivity index (χ4v) is 2.31. The third-order valence-electron chi connectivity index (χ3n) is 3.62. The van der Waals surface area contributed by atoms with Gasteiger partial charge in [-0.05, 0) is 48.2 Å². The summed E-state index contributed by atoms with van der Waals surface area (Å²) in [7, 11) is 2.84. The Morgan fingerprint density at radius 3 is 2.58 bits per heavy atom. The summed E-state index contributed by atoms with van der Waals surface area (Å²) in [5, 5.41) is 0. The molecule has 0 saturated carbocycles. The van der Waals surface area contributed by atoms with E-state index in [9.17, 15) is 4.79 Å². The van der Waals surface area contributed by atoms with Crippen LogP contribution in [0.3, 0.4) is 0 Å². The highest BCUT2D eigenvalue weighted by Crippen LogP contribution is 2.22. The molecule has 126 valence electrons. The molecule has 4 nitrogen and oxygen atoms in total. The minimum Gasteiger partial charge on any atom is -0.503 e. The van der Waals surface area contributed by atoms with Gasteiger partial charge in [0, 0.05) is 0 Å². The Morgan fingerprint density at radius 1 is 1.08 bits per heavy atom. The van der Waals surface area contributed by atoms with Crippen LogP contribution in [0.5, 0.6) is 5.75 Å². The van der Waals surface area contributed by atoms with E-state index >= 15 is 0 Å². The Balaban J connectivity index is 2.19. The van der Waals surface area contributed by atoms with Gasteiger partial charge in [-0.15, -0.1) is 0 Å². The highest BCUT2D eigenvalue weighted by molar-refractivity contribution is 6.16. The summed E-state index contributed by atoms with van der Waals surface area (Å²) in [5.74, 6) is 0.422. The first kappa shape index (κ1) is 17.6. The van der Waals surface area contributed by atoms with E-state index in [-0.39, 0.29) is 0 Å². The third-order valence-corrected chi connectivity index (χ3v) is 3.62. The van der Waals surface area contributed by atoms with Crippen LogP contribution in [-0.4, -0.2) is 20.2 Å². The summed E-state index contributed by atoms with van der Waals surface area (Å²) < 4.78 is 15.7. The summed E-state index contributed by atoms with van der Waals surface area (Å²) in [5.41, 5.74) is 4.30. The van der Waals surface area contributed by atoms with Gasteiger partial charge in [-0.25, -0.2) is 4.79 Å².